The number of nitrogens with two attached hydrogens (primary N) is 1. The van der Waals surface area contributed by atoms with Crippen molar-refractivity contribution in [2.75, 3.05) is 13.1 Å². The summed E-state index contributed by atoms with van der Waals surface area (Å²) in [5, 5.41) is 9.01. The summed E-state index contributed by atoms with van der Waals surface area (Å²) in [5.74, 6) is -0.231. The van der Waals surface area contributed by atoms with Gasteiger partial charge < -0.3 is 10.8 Å². The highest BCUT2D eigenvalue weighted by Crippen LogP contribution is 2.24. The average Bonchev–Trinajstić information content (AvgIpc) is 2.13. The number of likely N-dealkylation sites (tertiary alicyclic amines) is 1. The SMILES string of the molecule is CC1CCCN(C(CN)C(=O)O)C1C. The van der Waals surface area contributed by atoms with Gasteiger partial charge in [0.25, 0.3) is 0 Å². The highest BCUT2D eigenvalue weighted by Gasteiger charge is 2.32. The van der Waals surface area contributed by atoms with E-state index in [-0.39, 0.29) is 6.54 Å². The maximum absolute atomic E-state index is 11.0. The van der Waals surface area contributed by atoms with Crippen LogP contribution in [0.1, 0.15) is 26.7 Å². The van der Waals surface area contributed by atoms with Crippen molar-refractivity contribution in [3.05, 3.63) is 0 Å². The van der Waals surface area contributed by atoms with Crippen LogP contribution in [0.25, 0.3) is 0 Å². The standard InChI is InChI=1S/C10H20N2O2/c1-7-4-3-5-12(8(7)2)9(6-11)10(13)14/h7-9H,3-6,11H2,1-2H3,(H,13,14). The Kier molecular flexibility index (Phi) is 3.89. The van der Waals surface area contributed by atoms with E-state index < -0.39 is 12.0 Å². The fourth-order valence-electron chi connectivity index (χ4n) is 2.19. The zero-order valence-corrected chi connectivity index (χ0v) is 8.94. The summed E-state index contributed by atoms with van der Waals surface area (Å²) in [4.78, 5) is 13.0. The van der Waals surface area contributed by atoms with Crippen molar-refractivity contribution in [2.45, 2.75) is 38.8 Å². The van der Waals surface area contributed by atoms with Gasteiger partial charge in [0.05, 0.1) is 0 Å². The highest BCUT2D eigenvalue weighted by molar-refractivity contribution is 5.73. The quantitative estimate of drug-likeness (QED) is 0.697. The smallest absolute Gasteiger partial charge is 0.322 e. The van der Waals surface area contributed by atoms with Crippen LogP contribution in [-0.2, 0) is 4.79 Å². The lowest BCUT2D eigenvalue weighted by atomic mass is 9.90. The number of piperidine rings is 1. The predicted molar refractivity (Wildman–Crippen MR) is 55.0 cm³/mol. The number of hydrogen-bond donors (Lipinski definition) is 2. The summed E-state index contributed by atoms with van der Waals surface area (Å²) in [6, 6.07) is -0.179. The van der Waals surface area contributed by atoms with Gasteiger partial charge in [-0.05, 0) is 32.2 Å². The third-order valence-electron chi connectivity index (χ3n) is 3.33. The van der Waals surface area contributed by atoms with Crippen LogP contribution in [0.4, 0.5) is 0 Å². The Balaban J connectivity index is 2.68. The van der Waals surface area contributed by atoms with Gasteiger partial charge in [0.2, 0.25) is 0 Å². The van der Waals surface area contributed by atoms with Gasteiger partial charge in [-0.3, -0.25) is 9.69 Å². The molecule has 0 radical (unpaired) electrons. The first-order chi connectivity index (χ1) is 6.57. The molecule has 3 unspecified atom stereocenters. The third-order valence-corrected chi connectivity index (χ3v) is 3.33. The zero-order valence-electron chi connectivity index (χ0n) is 8.94. The van der Waals surface area contributed by atoms with Gasteiger partial charge in [-0.15, -0.1) is 0 Å². The summed E-state index contributed by atoms with van der Waals surface area (Å²) >= 11 is 0. The van der Waals surface area contributed by atoms with Gasteiger partial charge in [-0.1, -0.05) is 6.92 Å². The highest BCUT2D eigenvalue weighted by atomic mass is 16.4. The molecule has 14 heavy (non-hydrogen) atoms. The third kappa shape index (κ3) is 2.25. The lowest BCUT2D eigenvalue weighted by molar-refractivity contribution is -0.144. The molecule has 0 aliphatic carbocycles. The van der Waals surface area contributed by atoms with E-state index >= 15 is 0 Å². The van der Waals surface area contributed by atoms with Crippen molar-refractivity contribution in [2.24, 2.45) is 11.7 Å². The van der Waals surface area contributed by atoms with Gasteiger partial charge in [0, 0.05) is 12.6 Å². The Morgan fingerprint density at radius 1 is 1.64 bits per heavy atom. The van der Waals surface area contributed by atoms with Crippen LogP contribution >= 0.6 is 0 Å². The normalized spacial score (nSPS) is 31.4. The Morgan fingerprint density at radius 3 is 2.79 bits per heavy atom. The fraction of sp³-hybridized carbons (Fsp3) is 0.900. The molecular weight excluding hydrogens is 180 g/mol. The van der Waals surface area contributed by atoms with Gasteiger partial charge in [0.1, 0.15) is 6.04 Å². The van der Waals surface area contributed by atoms with Crippen LogP contribution in [-0.4, -0.2) is 41.1 Å². The van der Waals surface area contributed by atoms with E-state index in [1.807, 2.05) is 4.90 Å². The molecule has 1 heterocycles. The summed E-state index contributed by atoms with van der Waals surface area (Å²) in [7, 11) is 0. The van der Waals surface area contributed by atoms with Gasteiger partial charge in [-0.2, -0.15) is 0 Å². The number of nitrogens with zero attached hydrogens (tertiary/aromatic N) is 1. The van der Waals surface area contributed by atoms with Gasteiger partial charge >= 0.3 is 5.97 Å². The second kappa shape index (κ2) is 4.75. The van der Waals surface area contributed by atoms with Crippen molar-refractivity contribution in [3.8, 4) is 0 Å². The molecule has 1 rings (SSSR count). The van der Waals surface area contributed by atoms with E-state index in [4.69, 9.17) is 10.8 Å². The summed E-state index contributed by atoms with van der Waals surface area (Å²) in [6.45, 7) is 5.33. The minimum atomic E-state index is -0.798. The first kappa shape index (κ1) is 11.5. The van der Waals surface area contributed by atoms with E-state index in [0.29, 0.717) is 12.0 Å². The van der Waals surface area contributed by atoms with Crippen molar-refractivity contribution < 1.29 is 9.90 Å². The number of carboxylic acid groups (broad SMARTS) is 1. The molecule has 4 heteroatoms. The maximum Gasteiger partial charge on any atom is 0.322 e. The Bertz CT molecular complexity index is 208. The molecule has 3 atom stereocenters. The van der Waals surface area contributed by atoms with Crippen molar-refractivity contribution in [1.29, 1.82) is 0 Å². The maximum atomic E-state index is 11.0. The summed E-state index contributed by atoms with van der Waals surface area (Å²) in [5.41, 5.74) is 5.49. The number of rotatable bonds is 3. The largest absolute Gasteiger partial charge is 0.480 e. The molecule has 0 amide bonds. The van der Waals surface area contributed by atoms with E-state index in [2.05, 4.69) is 13.8 Å². The van der Waals surface area contributed by atoms with Gasteiger partial charge in [0.15, 0.2) is 0 Å². The molecule has 3 N–H and O–H groups in total. The Labute approximate surface area is 85.1 Å². The van der Waals surface area contributed by atoms with E-state index in [1.54, 1.807) is 0 Å². The molecule has 1 saturated heterocycles. The predicted octanol–water partition coefficient (Wildman–Crippen LogP) is 0.519. The Morgan fingerprint density at radius 2 is 2.29 bits per heavy atom. The minimum absolute atomic E-state index is 0.201. The zero-order chi connectivity index (χ0) is 10.7. The van der Waals surface area contributed by atoms with Crippen molar-refractivity contribution >= 4 is 5.97 Å². The second-order valence-corrected chi connectivity index (χ2v) is 4.19. The van der Waals surface area contributed by atoms with Crippen molar-refractivity contribution in [3.63, 3.8) is 0 Å². The average molecular weight is 200 g/mol. The van der Waals surface area contributed by atoms with Gasteiger partial charge in [-0.25, -0.2) is 0 Å². The lowest BCUT2D eigenvalue weighted by Crippen LogP contribution is -2.54. The summed E-state index contributed by atoms with van der Waals surface area (Å²) < 4.78 is 0. The fourth-order valence-corrected chi connectivity index (χ4v) is 2.19. The lowest BCUT2D eigenvalue weighted by Gasteiger charge is -2.40. The number of hydrogen-bond acceptors (Lipinski definition) is 3. The first-order valence-corrected chi connectivity index (χ1v) is 5.26. The topological polar surface area (TPSA) is 66.6 Å². The van der Waals surface area contributed by atoms with Crippen LogP contribution in [0, 0.1) is 5.92 Å². The Hall–Kier alpha value is -0.610. The molecular formula is C10H20N2O2. The van der Waals surface area contributed by atoms with E-state index in [9.17, 15) is 4.79 Å². The van der Waals surface area contributed by atoms with Crippen LogP contribution in [0.3, 0.4) is 0 Å². The first-order valence-electron chi connectivity index (χ1n) is 5.26. The second-order valence-electron chi connectivity index (χ2n) is 4.19. The molecule has 1 aliphatic rings. The van der Waals surface area contributed by atoms with E-state index in [0.717, 1.165) is 13.0 Å². The molecule has 1 fully saturated rings. The molecule has 1 aliphatic heterocycles. The molecule has 0 aromatic carbocycles. The molecule has 0 spiro atoms. The number of carbonyl (C=O) groups is 1. The summed E-state index contributed by atoms with van der Waals surface area (Å²) in [6.07, 6.45) is 2.27. The van der Waals surface area contributed by atoms with E-state index in [1.165, 1.54) is 6.42 Å². The van der Waals surface area contributed by atoms with Crippen LogP contribution in [0.5, 0.6) is 0 Å². The molecule has 0 aromatic heterocycles. The van der Waals surface area contributed by atoms with Crippen LogP contribution < -0.4 is 5.73 Å². The van der Waals surface area contributed by atoms with Crippen molar-refractivity contribution in [1.82, 2.24) is 4.90 Å². The van der Waals surface area contributed by atoms with Crippen LogP contribution in [0.15, 0.2) is 0 Å². The monoisotopic (exact) mass is 200 g/mol. The molecule has 4 nitrogen and oxygen atoms in total. The number of carboxylic acids is 1. The molecule has 0 saturated carbocycles. The molecule has 82 valence electrons. The number of aliphatic carboxylic acids is 1. The molecule has 0 bridgehead atoms. The minimum Gasteiger partial charge on any atom is -0.480 e. The molecule has 0 aromatic rings. The van der Waals surface area contributed by atoms with Crippen LogP contribution in [0.2, 0.25) is 0 Å².